The molecule has 4 atom stereocenters. The molecule has 2 saturated heterocycles. The Hall–Kier alpha value is -3.23. The van der Waals surface area contributed by atoms with Crippen LogP contribution in [0.25, 0.3) is 10.8 Å². The molecule has 0 radical (unpaired) electrons. The van der Waals surface area contributed by atoms with E-state index in [2.05, 4.69) is 21.2 Å². The van der Waals surface area contributed by atoms with E-state index in [4.69, 9.17) is 0 Å². The SMILES string of the molecule is C[C@]1(C(=O)O)N[C@H](c2cc(Br)ccc2O)[C@H]2C(=O)N(c3cccc4ccccc34)C(=O)[C@H]21. The largest absolute Gasteiger partial charge is 0.508 e. The molecule has 5 rings (SSSR count). The summed E-state index contributed by atoms with van der Waals surface area (Å²) in [6.45, 7) is 1.42. The zero-order valence-electron chi connectivity index (χ0n) is 16.9. The lowest BCUT2D eigenvalue weighted by Gasteiger charge is -2.28. The summed E-state index contributed by atoms with van der Waals surface area (Å²) in [6, 6.07) is 16.6. The van der Waals surface area contributed by atoms with Crippen LogP contribution in [0.5, 0.6) is 5.75 Å². The number of hydrogen-bond acceptors (Lipinski definition) is 5. The van der Waals surface area contributed by atoms with Gasteiger partial charge in [0.2, 0.25) is 11.8 Å². The number of rotatable bonds is 3. The van der Waals surface area contributed by atoms with E-state index in [-0.39, 0.29) is 5.75 Å². The fourth-order valence-corrected chi connectivity index (χ4v) is 5.40. The topological polar surface area (TPSA) is 107 Å². The van der Waals surface area contributed by atoms with Gasteiger partial charge >= 0.3 is 5.97 Å². The third kappa shape index (κ3) is 2.79. The van der Waals surface area contributed by atoms with E-state index in [1.54, 1.807) is 24.3 Å². The third-order valence-corrected chi connectivity index (χ3v) is 7.06. The minimum Gasteiger partial charge on any atom is -0.508 e. The van der Waals surface area contributed by atoms with Gasteiger partial charge in [-0.15, -0.1) is 0 Å². The lowest BCUT2D eigenvalue weighted by Crippen LogP contribution is -2.53. The van der Waals surface area contributed by atoms with E-state index in [9.17, 15) is 24.6 Å². The Morgan fingerprint density at radius 3 is 2.53 bits per heavy atom. The van der Waals surface area contributed by atoms with Gasteiger partial charge in [0.1, 0.15) is 11.3 Å². The summed E-state index contributed by atoms with van der Waals surface area (Å²) >= 11 is 3.36. The van der Waals surface area contributed by atoms with Crippen LogP contribution in [-0.2, 0) is 14.4 Å². The number of anilines is 1. The van der Waals surface area contributed by atoms with Crippen LogP contribution in [0.3, 0.4) is 0 Å². The number of fused-ring (bicyclic) bond motifs is 2. The highest BCUT2D eigenvalue weighted by molar-refractivity contribution is 9.10. The first-order chi connectivity index (χ1) is 15.2. The molecular formula is C24H19BrN2O5. The van der Waals surface area contributed by atoms with Gasteiger partial charge in [-0.05, 0) is 36.6 Å². The minimum absolute atomic E-state index is 0.0806. The number of imide groups is 1. The van der Waals surface area contributed by atoms with Crippen LogP contribution >= 0.6 is 15.9 Å². The second-order valence-electron chi connectivity index (χ2n) is 8.35. The van der Waals surface area contributed by atoms with Crippen molar-refractivity contribution in [2.24, 2.45) is 11.8 Å². The number of hydrogen-bond donors (Lipinski definition) is 3. The number of benzene rings is 3. The van der Waals surface area contributed by atoms with Crippen molar-refractivity contribution in [3.63, 3.8) is 0 Å². The number of nitrogens with one attached hydrogen (secondary N) is 1. The zero-order valence-corrected chi connectivity index (χ0v) is 18.5. The number of halogens is 1. The van der Waals surface area contributed by atoms with Crippen molar-refractivity contribution in [1.29, 1.82) is 0 Å². The van der Waals surface area contributed by atoms with Crippen LogP contribution in [0.15, 0.2) is 65.1 Å². The average molecular weight is 495 g/mol. The Morgan fingerprint density at radius 2 is 1.78 bits per heavy atom. The van der Waals surface area contributed by atoms with E-state index >= 15 is 0 Å². The van der Waals surface area contributed by atoms with E-state index < -0.39 is 41.2 Å². The van der Waals surface area contributed by atoms with Gasteiger partial charge in [-0.3, -0.25) is 19.7 Å². The van der Waals surface area contributed by atoms with E-state index in [1.807, 2.05) is 30.3 Å². The smallest absolute Gasteiger partial charge is 0.324 e. The van der Waals surface area contributed by atoms with E-state index in [1.165, 1.54) is 13.0 Å². The highest BCUT2D eigenvalue weighted by atomic mass is 79.9. The number of carboxylic acids is 1. The zero-order chi connectivity index (χ0) is 22.8. The molecular weight excluding hydrogens is 476 g/mol. The summed E-state index contributed by atoms with van der Waals surface area (Å²) in [5.41, 5.74) is -0.895. The lowest BCUT2D eigenvalue weighted by molar-refractivity contribution is -0.147. The number of carboxylic acid groups (broad SMARTS) is 1. The average Bonchev–Trinajstić information content (AvgIpc) is 3.23. The van der Waals surface area contributed by atoms with Gasteiger partial charge in [-0.1, -0.05) is 52.3 Å². The molecule has 0 saturated carbocycles. The number of amides is 2. The Kier molecular flexibility index (Phi) is 4.61. The molecule has 2 aliphatic heterocycles. The van der Waals surface area contributed by atoms with Crippen LogP contribution in [0.2, 0.25) is 0 Å². The molecule has 0 aromatic heterocycles. The lowest BCUT2D eigenvalue weighted by atomic mass is 9.80. The quantitative estimate of drug-likeness (QED) is 0.480. The molecule has 2 aliphatic rings. The number of phenols is 1. The highest BCUT2D eigenvalue weighted by Crippen LogP contribution is 2.51. The number of nitrogens with zero attached hydrogens (tertiary/aromatic N) is 1. The molecule has 3 aromatic carbocycles. The summed E-state index contributed by atoms with van der Waals surface area (Å²) in [4.78, 5) is 40.7. The third-order valence-electron chi connectivity index (χ3n) is 6.56. The van der Waals surface area contributed by atoms with Gasteiger partial charge in [0, 0.05) is 21.5 Å². The van der Waals surface area contributed by atoms with Crippen LogP contribution in [0.1, 0.15) is 18.5 Å². The Bertz CT molecular complexity index is 1300. The number of phenolic OH excluding ortho intramolecular Hbond substituents is 1. The maximum absolute atomic E-state index is 13.7. The molecule has 0 bridgehead atoms. The number of aromatic hydroxyl groups is 1. The predicted molar refractivity (Wildman–Crippen MR) is 121 cm³/mol. The summed E-state index contributed by atoms with van der Waals surface area (Å²) in [5.74, 6) is -4.48. The predicted octanol–water partition coefficient (Wildman–Crippen LogP) is 3.60. The molecule has 2 heterocycles. The van der Waals surface area contributed by atoms with Crippen molar-refractivity contribution in [2.75, 3.05) is 4.90 Å². The first kappa shape index (κ1) is 20.7. The first-order valence-corrected chi connectivity index (χ1v) is 10.9. The summed E-state index contributed by atoms with van der Waals surface area (Å²) in [7, 11) is 0. The molecule has 3 aromatic rings. The normalized spacial score (nSPS) is 27.2. The second kappa shape index (κ2) is 7.15. The van der Waals surface area contributed by atoms with Crippen molar-refractivity contribution in [3.8, 4) is 5.75 Å². The molecule has 2 fully saturated rings. The molecule has 32 heavy (non-hydrogen) atoms. The molecule has 162 valence electrons. The Balaban J connectivity index is 1.69. The van der Waals surface area contributed by atoms with Crippen molar-refractivity contribution in [2.45, 2.75) is 18.5 Å². The highest BCUT2D eigenvalue weighted by Gasteiger charge is 2.67. The van der Waals surface area contributed by atoms with Gasteiger partial charge in [0.15, 0.2) is 0 Å². The fourth-order valence-electron chi connectivity index (χ4n) is 5.02. The molecule has 7 nitrogen and oxygen atoms in total. The van der Waals surface area contributed by atoms with E-state index in [0.29, 0.717) is 15.7 Å². The van der Waals surface area contributed by atoms with Crippen LogP contribution in [0.4, 0.5) is 5.69 Å². The van der Waals surface area contributed by atoms with Crippen LogP contribution in [0, 0.1) is 11.8 Å². The van der Waals surface area contributed by atoms with Crippen LogP contribution < -0.4 is 10.2 Å². The molecule has 0 spiro atoms. The Morgan fingerprint density at radius 1 is 1.06 bits per heavy atom. The fraction of sp³-hybridized carbons (Fsp3) is 0.208. The maximum Gasteiger partial charge on any atom is 0.324 e. The monoisotopic (exact) mass is 494 g/mol. The molecule has 2 amide bonds. The summed E-state index contributed by atoms with van der Waals surface area (Å²) in [6.07, 6.45) is 0. The maximum atomic E-state index is 13.7. The van der Waals surface area contributed by atoms with E-state index in [0.717, 1.165) is 15.7 Å². The van der Waals surface area contributed by atoms with Crippen molar-refractivity contribution >= 4 is 50.2 Å². The van der Waals surface area contributed by atoms with Gasteiger partial charge in [-0.2, -0.15) is 0 Å². The van der Waals surface area contributed by atoms with Gasteiger partial charge in [-0.25, -0.2) is 4.90 Å². The molecule has 3 N–H and O–H groups in total. The van der Waals surface area contributed by atoms with Crippen molar-refractivity contribution in [1.82, 2.24) is 5.32 Å². The summed E-state index contributed by atoms with van der Waals surface area (Å²) < 4.78 is 0.662. The van der Waals surface area contributed by atoms with Gasteiger partial charge in [0.25, 0.3) is 0 Å². The number of carbonyl (C=O) groups is 3. The molecule has 0 unspecified atom stereocenters. The second-order valence-corrected chi connectivity index (χ2v) is 9.26. The standard InChI is InChI=1S/C24H19BrN2O5/c1-24(23(31)32)19-18(20(26-24)15-11-13(25)9-10-17(15)28)21(29)27(22(19)30)16-8-4-6-12-5-2-3-7-14(12)16/h2-11,18-20,26,28H,1H3,(H,31,32)/t18-,19-,20+,24-/m0/s1. The molecule has 0 aliphatic carbocycles. The number of aliphatic carboxylic acids is 1. The van der Waals surface area contributed by atoms with Gasteiger partial charge in [0.05, 0.1) is 17.5 Å². The van der Waals surface area contributed by atoms with Crippen molar-refractivity contribution in [3.05, 3.63) is 70.7 Å². The van der Waals surface area contributed by atoms with Crippen LogP contribution in [-0.4, -0.2) is 33.5 Å². The number of carbonyl (C=O) groups excluding carboxylic acids is 2. The Labute approximate surface area is 191 Å². The first-order valence-electron chi connectivity index (χ1n) is 10.1. The van der Waals surface area contributed by atoms with Crippen molar-refractivity contribution < 1.29 is 24.6 Å². The minimum atomic E-state index is -1.68. The molecule has 8 heteroatoms. The van der Waals surface area contributed by atoms with Gasteiger partial charge < -0.3 is 10.2 Å². The summed E-state index contributed by atoms with van der Waals surface area (Å²) in [5, 5.41) is 25.1.